The van der Waals surface area contributed by atoms with Gasteiger partial charge in [0, 0.05) is 46.3 Å². The zero-order valence-electron chi connectivity index (χ0n) is 15.0. The van der Waals surface area contributed by atoms with Crippen LogP contribution >= 0.6 is 0 Å². The Morgan fingerprint density at radius 1 is 1.11 bits per heavy atom. The number of ether oxygens (including phenoxy) is 1. The average molecular weight is 358 g/mol. The average Bonchev–Trinajstić information content (AvgIpc) is 2.96. The van der Waals surface area contributed by atoms with Gasteiger partial charge in [0.2, 0.25) is 5.88 Å². The Balaban J connectivity index is 1.54. The monoisotopic (exact) mass is 358 g/mol. The summed E-state index contributed by atoms with van der Waals surface area (Å²) in [5.41, 5.74) is 4.53. The molecule has 4 rings (SSSR count). The second-order valence-corrected chi connectivity index (χ2v) is 6.26. The number of nitrogens with zero attached hydrogens (tertiary/aromatic N) is 2. The highest BCUT2D eigenvalue weighted by Gasteiger charge is 2.11. The van der Waals surface area contributed by atoms with Crippen LogP contribution in [0.15, 0.2) is 61.1 Å². The number of hydrogen-bond donors (Lipinski definition) is 2. The third-order valence-electron chi connectivity index (χ3n) is 4.42. The zero-order chi connectivity index (χ0) is 18.8. The van der Waals surface area contributed by atoms with Gasteiger partial charge in [-0.1, -0.05) is 6.07 Å². The van der Waals surface area contributed by atoms with E-state index in [0.717, 1.165) is 22.2 Å². The van der Waals surface area contributed by atoms with Crippen LogP contribution in [0.1, 0.15) is 21.6 Å². The van der Waals surface area contributed by atoms with Crippen molar-refractivity contribution in [2.75, 3.05) is 5.32 Å². The number of amides is 1. The van der Waals surface area contributed by atoms with E-state index in [0.29, 0.717) is 22.9 Å². The van der Waals surface area contributed by atoms with E-state index in [4.69, 9.17) is 4.74 Å². The van der Waals surface area contributed by atoms with Crippen molar-refractivity contribution >= 4 is 22.5 Å². The number of nitrogens with one attached hydrogen (secondary N) is 2. The van der Waals surface area contributed by atoms with Crippen LogP contribution in [0.4, 0.5) is 5.69 Å². The number of aryl methyl sites for hydroxylation is 2. The highest BCUT2D eigenvalue weighted by molar-refractivity contribution is 6.06. The zero-order valence-corrected chi connectivity index (χ0v) is 15.0. The van der Waals surface area contributed by atoms with Crippen LogP contribution < -0.4 is 10.1 Å². The minimum Gasteiger partial charge on any atom is -0.437 e. The Kier molecular flexibility index (Phi) is 4.30. The molecule has 0 saturated carbocycles. The molecule has 4 aromatic rings. The van der Waals surface area contributed by atoms with E-state index < -0.39 is 0 Å². The molecule has 0 saturated heterocycles. The van der Waals surface area contributed by atoms with Crippen LogP contribution in [0.25, 0.3) is 10.9 Å². The number of benzene rings is 2. The summed E-state index contributed by atoms with van der Waals surface area (Å²) in [5.74, 6) is 0.789. The summed E-state index contributed by atoms with van der Waals surface area (Å²) in [6.07, 6.45) is 4.66. The van der Waals surface area contributed by atoms with Crippen molar-refractivity contribution in [3.05, 3.63) is 77.9 Å². The maximum Gasteiger partial charge on any atom is 0.255 e. The molecule has 6 nitrogen and oxygen atoms in total. The fourth-order valence-electron chi connectivity index (χ4n) is 2.90. The molecule has 2 aromatic heterocycles. The van der Waals surface area contributed by atoms with E-state index in [1.54, 1.807) is 24.5 Å². The molecule has 1 amide bonds. The van der Waals surface area contributed by atoms with Gasteiger partial charge in [-0.05, 0) is 49.7 Å². The van der Waals surface area contributed by atoms with Crippen molar-refractivity contribution in [2.45, 2.75) is 13.8 Å². The Bertz CT molecular complexity index is 1120. The van der Waals surface area contributed by atoms with Gasteiger partial charge < -0.3 is 15.0 Å². The normalized spacial score (nSPS) is 10.7. The lowest BCUT2D eigenvalue weighted by molar-refractivity contribution is 0.102. The summed E-state index contributed by atoms with van der Waals surface area (Å²) in [7, 11) is 0. The van der Waals surface area contributed by atoms with Crippen LogP contribution in [0, 0.1) is 13.8 Å². The van der Waals surface area contributed by atoms with E-state index >= 15 is 0 Å². The molecule has 0 radical (unpaired) electrons. The van der Waals surface area contributed by atoms with Gasteiger partial charge in [0.25, 0.3) is 5.91 Å². The van der Waals surface area contributed by atoms with Crippen LogP contribution in [0.3, 0.4) is 0 Å². The van der Waals surface area contributed by atoms with Crippen LogP contribution in [0.5, 0.6) is 11.6 Å². The standard InChI is InChI=1S/C21H18N4O2/c1-13-14(2)24-19-7-6-15(10-18(13)19)21(26)25-16-4-3-5-17(11-16)27-20-12-22-8-9-23-20/h3-12,24H,1-2H3,(H,25,26). The summed E-state index contributed by atoms with van der Waals surface area (Å²) >= 11 is 0. The lowest BCUT2D eigenvalue weighted by atomic mass is 10.1. The van der Waals surface area contributed by atoms with Crippen LogP contribution in [-0.2, 0) is 0 Å². The molecule has 0 spiro atoms. The summed E-state index contributed by atoms with van der Waals surface area (Å²) in [5, 5.41) is 3.97. The molecular weight excluding hydrogens is 340 g/mol. The highest BCUT2D eigenvalue weighted by Crippen LogP contribution is 2.25. The fraction of sp³-hybridized carbons (Fsp3) is 0.0952. The van der Waals surface area contributed by atoms with Crippen molar-refractivity contribution in [3.8, 4) is 11.6 Å². The van der Waals surface area contributed by atoms with Crippen LogP contribution in [-0.4, -0.2) is 20.9 Å². The topological polar surface area (TPSA) is 79.9 Å². The van der Waals surface area contributed by atoms with Crippen molar-refractivity contribution < 1.29 is 9.53 Å². The van der Waals surface area contributed by atoms with E-state index in [-0.39, 0.29) is 5.91 Å². The molecule has 0 atom stereocenters. The molecule has 0 bridgehead atoms. The number of aromatic nitrogens is 3. The first-order valence-corrected chi connectivity index (χ1v) is 8.54. The number of anilines is 1. The quantitative estimate of drug-likeness (QED) is 0.558. The first-order chi connectivity index (χ1) is 13.1. The van der Waals surface area contributed by atoms with E-state index in [1.165, 1.54) is 6.20 Å². The van der Waals surface area contributed by atoms with Gasteiger partial charge in [0.05, 0.1) is 6.20 Å². The number of rotatable bonds is 4. The summed E-state index contributed by atoms with van der Waals surface area (Å²) in [4.78, 5) is 24.0. The molecule has 0 aliphatic rings. The molecule has 2 heterocycles. The van der Waals surface area contributed by atoms with Gasteiger partial charge >= 0.3 is 0 Å². The number of carbonyl (C=O) groups excluding carboxylic acids is 1. The van der Waals surface area contributed by atoms with Gasteiger partial charge in [0.15, 0.2) is 0 Å². The molecule has 0 aliphatic carbocycles. The fourth-order valence-corrected chi connectivity index (χ4v) is 2.90. The predicted molar refractivity (Wildman–Crippen MR) is 104 cm³/mol. The van der Waals surface area contributed by atoms with Gasteiger partial charge in [-0.3, -0.25) is 9.78 Å². The molecule has 6 heteroatoms. The minimum atomic E-state index is -0.174. The molecule has 27 heavy (non-hydrogen) atoms. The Morgan fingerprint density at radius 2 is 2.00 bits per heavy atom. The summed E-state index contributed by atoms with van der Waals surface area (Å²) in [6, 6.07) is 12.8. The second-order valence-electron chi connectivity index (χ2n) is 6.26. The van der Waals surface area contributed by atoms with Crippen molar-refractivity contribution in [1.82, 2.24) is 15.0 Å². The third-order valence-corrected chi connectivity index (χ3v) is 4.42. The first kappa shape index (κ1) is 16.8. The maximum absolute atomic E-state index is 12.7. The third kappa shape index (κ3) is 3.50. The van der Waals surface area contributed by atoms with Crippen LogP contribution in [0.2, 0.25) is 0 Å². The first-order valence-electron chi connectivity index (χ1n) is 8.54. The number of fused-ring (bicyclic) bond motifs is 1. The highest BCUT2D eigenvalue weighted by atomic mass is 16.5. The largest absolute Gasteiger partial charge is 0.437 e. The number of H-pyrrole nitrogens is 1. The Labute approximate surface area is 156 Å². The summed E-state index contributed by atoms with van der Waals surface area (Å²) < 4.78 is 5.65. The lowest BCUT2D eigenvalue weighted by Gasteiger charge is -2.08. The Hall–Kier alpha value is -3.67. The Morgan fingerprint density at radius 3 is 2.81 bits per heavy atom. The minimum absolute atomic E-state index is 0.174. The van der Waals surface area contributed by atoms with E-state index in [2.05, 4.69) is 20.3 Å². The van der Waals surface area contributed by atoms with Gasteiger partial charge in [-0.25, -0.2) is 4.98 Å². The second kappa shape index (κ2) is 6.92. The SMILES string of the molecule is Cc1[nH]c2ccc(C(=O)Nc3cccc(Oc4cnccn4)c3)cc2c1C. The van der Waals surface area contributed by atoms with Gasteiger partial charge in [-0.2, -0.15) is 0 Å². The smallest absolute Gasteiger partial charge is 0.255 e. The number of hydrogen-bond acceptors (Lipinski definition) is 4. The molecule has 2 N–H and O–H groups in total. The molecular formula is C21H18N4O2. The van der Waals surface area contributed by atoms with E-state index in [1.807, 2.05) is 44.2 Å². The molecule has 0 unspecified atom stereocenters. The van der Waals surface area contributed by atoms with E-state index in [9.17, 15) is 4.79 Å². The number of aromatic amines is 1. The van der Waals surface area contributed by atoms with Gasteiger partial charge in [0.1, 0.15) is 5.75 Å². The molecule has 0 aliphatic heterocycles. The van der Waals surface area contributed by atoms with Crippen molar-refractivity contribution in [3.63, 3.8) is 0 Å². The molecule has 2 aromatic carbocycles. The van der Waals surface area contributed by atoms with Gasteiger partial charge in [-0.15, -0.1) is 0 Å². The number of carbonyl (C=O) groups is 1. The molecule has 0 fully saturated rings. The molecule has 134 valence electrons. The van der Waals surface area contributed by atoms with Crippen molar-refractivity contribution in [1.29, 1.82) is 0 Å². The lowest BCUT2D eigenvalue weighted by Crippen LogP contribution is -2.11. The predicted octanol–water partition coefficient (Wildman–Crippen LogP) is 4.62. The maximum atomic E-state index is 12.7. The van der Waals surface area contributed by atoms with Crippen molar-refractivity contribution in [2.24, 2.45) is 0 Å². The summed E-state index contributed by atoms with van der Waals surface area (Å²) in [6.45, 7) is 4.07.